The first-order valence-electron chi connectivity index (χ1n) is 4.86. The number of nitrogens with one attached hydrogen (secondary N) is 2. The number of H-pyrrole nitrogens is 1. The lowest BCUT2D eigenvalue weighted by molar-refractivity contribution is -0.387. The number of hydrogen-bond donors (Lipinski definition) is 2. The molecule has 2 rings (SSSR count). The summed E-state index contributed by atoms with van der Waals surface area (Å²) in [5, 5.41) is 15.9. The van der Waals surface area contributed by atoms with E-state index in [4.69, 9.17) is 0 Å². The average molecular weight is 286 g/mol. The molecule has 0 aliphatic heterocycles. The van der Waals surface area contributed by atoms with Crippen LogP contribution in [0.4, 0.5) is 15.8 Å². The highest BCUT2D eigenvalue weighted by atomic mass is 32.2. The summed E-state index contributed by atoms with van der Waals surface area (Å²) in [7, 11) is -3.92. The van der Waals surface area contributed by atoms with Crippen LogP contribution in [-0.2, 0) is 10.0 Å². The molecular weight excluding hydrogens is 279 g/mol. The predicted octanol–water partition coefficient (Wildman–Crippen LogP) is 1.26. The second-order valence-electron chi connectivity index (χ2n) is 3.45. The molecule has 0 aliphatic rings. The van der Waals surface area contributed by atoms with Crippen LogP contribution in [0.25, 0.3) is 0 Å². The number of rotatable bonds is 4. The second-order valence-corrected chi connectivity index (χ2v) is 5.10. The van der Waals surface area contributed by atoms with E-state index in [1.807, 2.05) is 0 Å². The van der Waals surface area contributed by atoms with Crippen molar-refractivity contribution in [3.63, 3.8) is 0 Å². The van der Waals surface area contributed by atoms with Crippen molar-refractivity contribution in [2.75, 3.05) is 4.72 Å². The number of anilines is 1. The van der Waals surface area contributed by atoms with Crippen LogP contribution in [0.3, 0.4) is 0 Å². The monoisotopic (exact) mass is 286 g/mol. The SMILES string of the molecule is O=[N+]([O-])c1ccc(NS(=O)(=O)c2ccn[nH]2)cc1F. The third-order valence-corrected chi connectivity index (χ3v) is 3.47. The Bertz CT molecular complexity index is 714. The Morgan fingerprint density at radius 2 is 2.11 bits per heavy atom. The van der Waals surface area contributed by atoms with Gasteiger partial charge in [-0.15, -0.1) is 0 Å². The Morgan fingerprint density at radius 1 is 1.37 bits per heavy atom. The number of aromatic amines is 1. The molecule has 0 saturated carbocycles. The summed E-state index contributed by atoms with van der Waals surface area (Å²) in [6, 6.07) is 3.91. The fourth-order valence-corrected chi connectivity index (χ4v) is 2.28. The van der Waals surface area contributed by atoms with Gasteiger partial charge in [0.2, 0.25) is 5.82 Å². The first kappa shape index (κ1) is 13.0. The molecule has 8 nitrogen and oxygen atoms in total. The van der Waals surface area contributed by atoms with E-state index in [1.165, 1.54) is 12.3 Å². The van der Waals surface area contributed by atoms with Gasteiger partial charge in [0.15, 0.2) is 5.03 Å². The van der Waals surface area contributed by atoms with Gasteiger partial charge < -0.3 is 0 Å². The van der Waals surface area contributed by atoms with Gasteiger partial charge in [0, 0.05) is 12.1 Å². The van der Waals surface area contributed by atoms with Crippen LogP contribution in [0.2, 0.25) is 0 Å². The molecule has 0 aliphatic carbocycles. The molecule has 0 radical (unpaired) electrons. The Balaban J connectivity index is 2.30. The van der Waals surface area contributed by atoms with Crippen LogP contribution in [0.1, 0.15) is 0 Å². The number of aromatic nitrogens is 2. The number of benzene rings is 1. The van der Waals surface area contributed by atoms with Crippen molar-refractivity contribution in [2.45, 2.75) is 5.03 Å². The number of nitrogens with zero attached hydrogens (tertiary/aromatic N) is 2. The topological polar surface area (TPSA) is 118 Å². The van der Waals surface area contributed by atoms with Gasteiger partial charge >= 0.3 is 5.69 Å². The predicted molar refractivity (Wildman–Crippen MR) is 62.5 cm³/mol. The molecule has 1 heterocycles. The number of nitro groups is 1. The van der Waals surface area contributed by atoms with Crippen molar-refractivity contribution in [3.8, 4) is 0 Å². The zero-order chi connectivity index (χ0) is 14.0. The maximum Gasteiger partial charge on any atom is 0.304 e. The van der Waals surface area contributed by atoms with Crippen LogP contribution in [0.5, 0.6) is 0 Å². The highest BCUT2D eigenvalue weighted by Gasteiger charge is 2.18. The number of nitro benzene ring substituents is 1. The molecule has 0 atom stereocenters. The van der Waals surface area contributed by atoms with Crippen molar-refractivity contribution in [2.24, 2.45) is 0 Å². The second kappa shape index (κ2) is 4.65. The minimum Gasteiger partial charge on any atom is -0.278 e. The van der Waals surface area contributed by atoms with Gasteiger partial charge in [-0.05, 0) is 12.1 Å². The lowest BCUT2D eigenvalue weighted by Crippen LogP contribution is -2.13. The maximum atomic E-state index is 13.3. The largest absolute Gasteiger partial charge is 0.304 e. The van der Waals surface area contributed by atoms with Crippen LogP contribution in [0, 0.1) is 15.9 Å². The van der Waals surface area contributed by atoms with E-state index < -0.39 is 26.5 Å². The molecule has 1 aromatic carbocycles. The number of halogens is 1. The van der Waals surface area contributed by atoms with Crippen molar-refractivity contribution in [1.29, 1.82) is 0 Å². The molecule has 2 aromatic rings. The van der Waals surface area contributed by atoms with Crippen LogP contribution >= 0.6 is 0 Å². The Kier molecular flexibility index (Phi) is 3.17. The molecule has 0 amide bonds. The van der Waals surface area contributed by atoms with Gasteiger partial charge in [-0.2, -0.15) is 17.9 Å². The van der Waals surface area contributed by atoms with E-state index in [0.29, 0.717) is 0 Å². The van der Waals surface area contributed by atoms with Gasteiger partial charge in [0.25, 0.3) is 10.0 Å². The van der Waals surface area contributed by atoms with Gasteiger partial charge in [-0.3, -0.25) is 19.9 Å². The lowest BCUT2D eigenvalue weighted by atomic mass is 10.3. The van der Waals surface area contributed by atoms with E-state index in [0.717, 1.165) is 18.2 Å². The first-order chi connectivity index (χ1) is 8.90. The summed E-state index contributed by atoms with van der Waals surface area (Å²) in [5.74, 6) is -1.13. The fourth-order valence-electron chi connectivity index (χ4n) is 1.32. The van der Waals surface area contributed by atoms with Crippen molar-refractivity contribution >= 4 is 21.4 Å². The molecule has 0 unspecified atom stereocenters. The average Bonchev–Trinajstić information content (AvgIpc) is 2.81. The van der Waals surface area contributed by atoms with Crippen LogP contribution < -0.4 is 4.72 Å². The van der Waals surface area contributed by atoms with E-state index in [2.05, 4.69) is 14.9 Å². The maximum absolute atomic E-state index is 13.3. The zero-order valence-corrected chi connectivity index (χ0v) is 10.0. The molecular formula is C9H7FN4O4S. The van der Waals surface area contributed by atoms with Gasteiger partial charge in [0.05, 0.1) is 16.8 Å². The molecule has 0 bridgehead atoms. The van der Waals surface area contributed by atoms with Gasteiger partial charge in [-0.25, -0.2) is 0 Å². The van der Waals surface area contributed by atoms with Crippen molar-refractivity contribution < 1.29 is 17.7 Å². The summed E-state index contributed by atoms with van der Waals surface area (Å²) in [6.07, 6.45) is 1.24. The molecule has 0 fully saturated rings. The quantitative estimate of drug-likeness (QED) is 0.648. The summed E-state index contributed by atoms with van der Waals surface area (Å²) in [5.41, 5.74) is -0.859. The molecule has 0 spiro atoms. The number of sulfonamides is 1. The van der Waals surface area contributed by atoms with E-state index >= 15 is 0 Å². The highest BCUT2D eigenvalue weighted by molar-refractivity contribution is 7.92. The van der Waals surface area contributed by atoms with Crippen molar-refractivity contribution in [3.05, 3.63) is 46.4 Å². The molecule has 2 N–H and O–H groups in total. The molecule has 100 valence electrons. The summed E-state index contributed by atoms with van der Waals surface area (Å²) < 4.78 is 38.9. The Morgan fingerprint density at radius 3 is 2.63 bits per heavy atom. The minimum atomic E-state index is -3.92. The van der Waals surface area contributed by atoms with Gasteiger partial charge in [-0.1, -0.05) is 0 Å². The summed E-state index contributed by atoms with van der Waals surface area (Å²) >= 11 is 0. The highest BCUT2D eigenvalue weighted by Crippen LogP contribution is 2.22. The minimum absolute atomic E-state index is 0.127. The summed E-state index contributed by atoms with van der Waals surface area (Å²) in [4.78, 5) is 9.52. The third kappa shape index (κ3) is 2.68. The summed E-state index contributed by atoms with van der Waals surface area (Å²) in [6.45, 7) is 0. The smallest absolute Gasteiger partial charge is 0.278 e. The Labute approximate surface area is 106 Å². The zero-order valence-electron chi connectivity index (χ0n) is 9.20. The molecule has 0 saturated heterocycles. The normalized spacial score (nSPS) is 11.2. The Hall–Kier alpha value is -2.49. The molecule has 19 heavy (non-hydrogen) atoms. The third-order valence-electron chi connectivity index (χ3n) is 2.16. The van der Waals surface area contributed by atoms with E-state index in [9.17, 15) is 22.9 Å². The first-order valence-corrected chi connectivity index (χ1v) is 6.34. The van der Waals surface area contributed by atoms with E-state index in [1.54, 1.807) is 0 Å². The van der Waals surface area contributed by atoms with Gasteiger partial charge in [0.1, 0.15) is 0 Å². The van der Waals surface area contributed by atoms with Crippen LogP contribution in [-0.4, -0.2) is 23.5 Å². The molecule has 1 aromatic heterocycles. The number of hydrogen-bond acceptors (Lipinski definition) is 5. The standard InChI is InChI=1S/C9H7FN4O4S/c10-7-5-6(1-2-8(7)14(15)16)13-19(17,18)9-3-4-11-12-9/h1-5,13H,(H,11,12). The fraction of sp³-hybridized carbons (Fsp3) is 0. The molecule has 10 heteroatoms. The lowest BCUT2D eigenvalue weighted by Gasteiger charge is -2.05. The van der Waals surface area contributed by atoms with E-state index in [-0.39, 0.29) is 10.7 Å². The van der Waals surface area contributed by atoms with Crippen LogP contribution in [0.15, 0.2) is 35.5 Å². The van der Waals surface area contributed by atoms with Crippen molar-refractivity contribution in [1.82, 2.24) is 10.2 Å².